The van der Waals surface area contributed by atoms with Gasteiger partial charge in [0.2, 0.25) is 5.95 Å². The van der Waals surface area contributed by atoms with Gasteiger partial charge in [-0.1, -0.05) is 19.1 Å². The summed E-state index contributed by atoms with van der Waals surface area (Å²) in [5.41, 5.74) is 0.981. The molecular weight excluding hydrogens is 362 g/mol. The van der Waals surface area contributed by atoms with Crippen molar-refractivity contribution in [2.45, 2.75) is 57.7 Å². The lowest BCUT2D eigenvalue weighted by Crippen LogP contribution is -2.36. The Morgan fingerprint density at radius 3 is 2.41 bits per heavy atom. The Kier molecular flexibility index (Phi) is 6.00. The highest BCUT2D eigenvalue weighted by Gasteiger charge is 2.22. The molecule has 3 aromatic rings. The standard InChI is InChI=1S/C23H31N5O/c1-4-18-13-14-19(29-18)15-24-16-9-11-17(12-10-16)25-23-26-21-8-6-5-7-20(21)22(27-23)28(2)3/h5-8,13-14,16-17,24H,4,9-12,15H2,1-3H3,(H,25,26,27). The molecule has 0 bridgehead atoms. The SMILES string of the molecule is CCc1ccc(CNC2CCC(Nc3nc(N(C)C)c4ccccc4n3)CC2)o1. The van der Waals surface area contributed by atoms with Crippen molar-refractivity contribution in [3.05, 3.63) is 47.9 Å². The van der Waals surface area contributed by atoms with E-state index in [2.05, 4.69) is 46.7 Å². The molecule has 1 fully saturated rings. The average Bonchev–Trinajstić information content (AvgIpc) is 3.21. The summed E-state index contributed by atoms with van der Waals surface area (Å²) in [6, 6.07) is 13.3. The van der Waals surface area contributed by atoms with E-state index in [0.717, 1.165) is 72.8 Å². The van der Waals surface area contributed by atoms with Gasteiger partial charge in [-0.15, -0.1) is 0 Å². The van der Waals surface area contributed by atoms with E-state index in [-0.39, 0.29) is 0 Å². The monoisotopic (exact) mass is 393 g/mol. The van der Waals surface area contributed by atoms with Crippen molar-refractivity contribution >= 4 is 22.7 Å². The maximum atomic E-state index is 5.79. The highest BCUT2D eigenvalue weighted by atomic mass is 16.3. The first-order chi connectivity index (χ1) is 14.1. The molecule has 1 aliphatic carbocycles. The van der Waals surface area contributed by atoms with Gasteiger partial charge >= 0.3 is 0 Å². The molecule has 0 atom stereocenters. The van der Waals surface area contributed by atoms with Crippen molar-refractivity contribution in [2.24, 2.45) is 0 Å². The quantitative estimate of drug-likeness (QED) is 0.622. The number of fused-ring (bicyclic) bond motifs is 1. The van der Waals surface area contributed by atoms with E-state index in [4.69, 9.17) is 14.4 Å². The van der Waals surface area contributed by atoms with E-state index in [1.54, 1.807) is 0 Å². The predicted molar refractivity (Wildman–Crippen MR) is 118 cm³/mol. The summed E-state index contributed by atoms with van der Waals surface area (Å²) in [6.07, 6.45) is 5.47. The van der Waals surface area contributed by atoms with Crippen LogP contribution in [0, 0.1) is 0 Å². The van der Waals surface area contributed by atoms with Crippen LogP contribution in [0.15, 0.2) is 40.8 Å². The summed E-state index contributed by atoms with van der Waals surface area (Å²) in [5, 5.41) is 8.31. The Morgan fingerprint density at radius 1 is 0.966 bits per heavy atom. The summed E-state index contributed by atoms with van der Waals surface area (Å²) in [6.45, 7) is 2.92. The maximum Gasteiger partial charge on any atom is 0.225 e. The third-order valence-electron chi connectivity index (χ3n) is 5.70. The summed E-state index contributed by atoms with van der Waals surface area (Å²) < 4.78 is 5.79. The number of aromatic nitrogens is 2. The van der Waals surface area contributed by atoms with Crippen LogP contribution in [-0.4, -0.2) is 36.1 Å². The minimum atomic E-state index is 0.416. The summed E-state index contributed by atoms with van der Waals surface area (Å²) in [7, 11) is 4.05. The van der Waals surface area contributed by atoms with Crippen LogP contribution in [0.5, 0.6) is 0 Å². The molecule has 0 unspecified atom stereocenters. The van der Waals surface area contributed by atoms with Gasteiger partial charge in [0.05, 0.1) is 12.1 Å². The van der Waals surface area contributed by atoms with Crippen LogP contribution in [0.25, 0.3) is 10.9 Å². The molecule has 2 heterocycles. The number of nitrogens with one attached hydrogen (secondary N) is 2. The van der Waals surface area contributed by atoms with E-state index >= 15 is 0 Å². The minimum Gasteiger partial charge on any atom is -0.465 e. The number of anilines is 2. The van der Waals surface area contributed by atoms with Crippen LogP contribution in [-0.2, 0) is 13.0 Å². The second kappa shape index (κ2) is 8.82. The van der Waals surface area contributed by atoms with Crippen LogP contribution in [0.1, 0.15) is 44.1 Å². The first-order valence-electron chi connectivity index (χ1n) is 10.6. The van der Waals surface area contributed by atoms with Gasteiger partial charge in [0, 0.05) is 38.0 Å². The Balaban J connectivity index is 1.33. The maximum absolute atomic E-state index is 5.79. The molecule has 2 N–H and O–H groups in total. The number of nitrogens with zero attached hydrogens (tertiary/aromatic N) is 3. The molecule has 0 saturated heterocycles. The number of aryl methyl sites for hydroxylation is 1. The minimum absolute atomic E-state index is 0.416. The molecular formula is C23H31N5O. The van der Waals surface area contributed by atoms with Crippen molar-refractivity contribution in [2.75, 3.05) is 24.3 Å². The molecule has 0 spiro atoms. The highest BCUT2D eigenvalue weighted by Crippen LogP contribution is 2.26. The van der Waals surface area contributed by atoms with Gasteiger partial charge in [-0.2, -0.15) is 4.98 Å². The van der Waals surface area contributed by atoms with Crippen molar-refractivity contribution < 1.29 is 4.42 Å². The predicted octanol–water partition coefficient (Wildman–Crippen LogP) is 4.36. The van der Waals surface area contributed by atoms with Crippen LogP contribution in [0.4, 0.5) is 11.8 Å². The highest BCUT2D eigenvalue weighted by molar-refractivity contribution is 5.90. The van der Waals surface area contributed by atoms with Crippen LogP contribution < -0.4 is 15.5 Å². The molecule has 1 aromatic carbocycles. The lowest BCUT2D eigenvalue weighted by atomic mass is 9.91. The largest absolute Gasteiger partial charge is 0.465 e. The van der Waals surface area contributed by atoms with Gasteiger partial charge in [0.25, 0.3) is 0 Å². The van der Waals surface area contributed by atoms with Crippen molar-refractivity contribution in [1.82, 2.24) is 15.3 Å². The Labute approximate surface area is 172 Å². The molecule has 4 rings (SSSR count). The van der Waals surface area contributed by atoms with Crippen LogP contribution >= 0.6 is 0 Å². The molecule has 1 saturated carbocycles. The Hall–Kier alpha value is -2.60. The van der Waals surface area contributed by atoms with Gasteiger partial charge in [-0.3, -0.25) is 0 Å². The van der Waals surface area contributed by atoms with Gasteiger partial charge in [0.1, 0.15) is 17.3 Å². The lowest BCUT2D eigenvalue weighted by molar-refractivity contribution is 0.337. The molecule has 0 amide bonds. The second-order valence-electron chi connectivity index (χ2n) is 8.08. The second-order valence-corrected chi connectivity index (χ2v) is 8.08. The lowest BCUT2D eigenvalue weighted by Gasteiger charge is -2.30. The fourth-order valence-corrected chi connectivity index (χ4v) is 4.04. The number of hydrogen-bond donors (Lipinski definition) is 2. The van der Waals surface area contributed by atoms with Crippen LogP contribution in [0.3, 0.4) is 0 Å². The fourth-order valence-electron chi connectivity index (χ4n) is 4.04. The third kappa shape index (κ3) is 4.70. The van der Waals surface area contributed by atoms with Gasteiger partial charge < -0.3 is 20.0 Å². The zero-order valence-electron chi connectivity index (χ0n) is 17.6. The van der Waals surface area contributed by atoms with E-state index in [1.807, 2.05) is 26.2 Å². The normalized spacial score (nSPS) is 19.4. The van der Waals surface area contributed by atoms with E-state index in [0.29, 0.717) is 12.1 Å². The first-order valence-corrected chi connectivity index (χ1v) is 10.6. The van der Waals surface area contributed by atoms with Crippen LogP contribution in [0.2, 0.25) is 0 Å². The third-order valence-corrected chi connectivity index (χ3v) is 5.70. The number of para-hydroxylation sites is 1. The molecule has 0 aliphatic heterocycles. The van der Waals surface area contributed by atoms with E-state index in [9.17, 15) is 0 Å². The molecule has 154 valence electrons. The Morgan fingerprint density at radius 2 is 1.69 bits per heavy atom. The van der Waals surface area contributed by atoms with E-state index < -0.39 is 0 Å². The zero-order chi connectivity index (χ0) is 20.2. The van der Waals surface area contributed by atoms with Crippen molar-refractivity contribution in [3.63, 3.8) is 0 Å². The molecule has 29 heavy (non-hydrogen) atoms. The molecule has 2 aromatic heterocycles. The van der Waals surface area contributed by atoms with Gasteiger partial charge in [0.15, 0.2) is 0 Å². The van der Waals surface area contributed by atoms with Crippen molar-refractivity contribution in [3.8, 4) is 0 Å². The average molecular weight is 394 g/mol. The summed E-state index contributed by atoms with van der Waals surface area (Å²) in [4.78, 5) is 11.6. The number of furan rings is 1. The van der Waals surface area contributed by atoms with Crippen molar-refractivity contribution in [1.29, 1.82) is 0 Å². The molecule has 0 radical (unpaired) electrons. The number of hydrogen-bond acceptors (Lipinski definition) is 6. The molecule has 6 heteroatoms. The smallest absolute Gasteiger partial charge is 0.225 e. The number of benzene rings is 1. The topological polar surface area (TPSA) is 66.2 Å². The summed E-state index contributed by atoms with van der Waals surface area (Å²) >= 11 is 0. The Bertz CT molecular complexity index is 943. The first kappa shape index (κ1) is 19.7. The van der Waals surface area contributed by atoms with Gasteiger partial charge in [-0.25, -0.2) is 4.98 Å². The molecule has 6 nitrogen and oxygen atoms in total. The van der Waals surface area contributed by atoms with E-state index in [1.165, 1.54) is 0 Å². The molecule has 1 aliphatic rings. The summed E-state index contributed by atoms with van der Waals surface area (Å²) in [5.74, 6) is 3.77. The zero-order valence-corrected chi connectivity index (χ0v) is 17.6. The fraction of sp³-hybridized carbons (Fsp3) is 0.478. The van der Waals surface area contributed by atoms with Gasteiger partial charge in [-0.05, 0) is 49.9 Å². The number of rotatable bonds is 7.